The van der Waals surface area contributed by atoms with Crippen molar-refractivity contribution in [2.24, 2.45) is 0 Å². The summed E-state index contributed by atoms with van der Waals surface area (Å²) in [6.07, 6.45) is 0. The number of nitrogens with one attached hydrogen (secondary N) is 1. The monoisotopic (exact) mass is 315 g/mol. The Balaban J connectivity index is 2.13. The molecule has 0 saturated carbocycles. The summed E-state index contributed by atoms with van der Waals surface area (Å²) in [6, 6.07) is 10.3. The maximum atomic E-state index is 12.6. The van der Waals surface area contributed by atoms with E-state index >= 15 is 0 Å². The van der Waals surface area contributed by atoms with E-state index in [1.807, 2.05) is 46.1 Å². The van der Waals surface area contributed by atoms with Gasteiger partial charge in [-0.2, -0.15) is 0 Å². The number of likely N-dealkylation sites (N-methyl/N-ethyl adjacent to an activating group) is 1. The predicted octanol–water partition coefficient (Wildman–Crippen LogP) is 3.14. The molecular formula is C18H25N3O2. The molecule has 1 heterocycles. The third kappa shape index (κ3) is 3.99. The van der Waals surface area contributed by atoms with Crippen LogP contribution in [-0.2, 0) is 0 Å². The molecule has 2 aromatic rings. The van der Waals surface area contributed by atoms with Crippen LogP contribution in [0.1, 0.15) is 53.2 Å². The average molecular weight is 315 g/mol. The van der Waals surface area contributed by atoms with Crippen molar-refractivity contribution in [3.05, 3.63) is 52.9 Å². The van der Waals surface area contributed by atoms with Gasteiger partial charge in [-0.3, -0.25) is 4.79 Å². The van der Waals surface area contributed by atoms with Crippen LogP contribution in [0.25, 0.3) is 0 Å². The Bertz CT molecular complexity index is 648. The Morgan fingerprint density at radius 3 is 2.48 bits per heavy atom. The fourth-order valence-corrected chi connectivity index (χ4v) is 2.61. The van der Waals surface area contributed by atoms with Gasteiger partial charge >= 0.3 is 0 Å². The van der Waals surface area contributed by atoms with Crippen LogP contribution in [-0.4, -0.2) is 36.6 Å². The third-order valence-corrected chi connectivity index (χ3v) is 3.90. The van der Waals surface area contributed by atoms with E-state index in [0.29, 0.717) is 23.6 Å². The molecule has 0 radical (unpaired) electrons. The number of amides is 1. The Hall–Kier alpha value is -2.14. The quantitative estimate of drug-likeness (QED) is 0.889. The fraction of sp³-hybridized carbons (Fsp3) is 0.444. The summed E-state index contributed by atoms with van der Waals surface area (Å²) < 4.78 is 5.30. The molecule has 0 aliphatic heterocycles. The summed E-state index contributed by atoms with van der Waals surface area (Å²) in [5.74, 6) is 0.632. The van der Waals surface area contributed by atoms with Gasteiger partial charge in [-0.15, -0.1) is 0 Å². The lowest BCUT2D eigenvalue weighted by molar-refractivity contribution is 0.0939. The van der Waals surface area contributed by atoms with Crippen LogP contribution in [0, 0.1) is 6.92 Å². The van der Waals surface area contributed by atoms with E-state index in [-0.39, 0.29) is 17.9 Å². The normalized spacial score (nSPS) is 12.7. The van der Waals surface area contributed by atoms with Gasteiger partial charge < -0.3 is 14.7 Å². The molecule has 1 atom stereocenters. The van der Waals surface area contributed by atoms with Gasteiger partial charge in [-0.1, -0.05) is 49.3 Å². The highest BCUT2D eigenvalue weighted by Gasteiger charge is 2.23. The van der Waals surface area contributed by atoms with E-state index in [2.05, 4.69) is 27.5 Å². The molecule has 0 unspecified atom stereocenters. The molecule has 5 nitrogen and oxygen atoms in total. The number of hydrogen-bond donors (Lipinski definition) is 1. The lowest BCUT2D eigenvalue weighted by atomic mass is 10.0. The second kappa shape index (κ2) is 7.42. The first-order valence-corrected chi connectivity index (χ1v) is 7.87. The van der Waals surface area contributed by atoms with Gasteiger partial charge in [0.25, 0.3) is 5.91 Å². The number of benzene rings is 1. The topological polar surface area (TPSA) is 58.4 Å². The van der Waals surface area contributed by atoms with Crippen molar-refractivity contribution >= 4 is 5.91 Å². The van der Waals surface area contributed by atoms with Crippen molar-refractivity contribution in [1.82, 2.24) is 15.4 Å². The smallest absolute Gasteiger partial charge is 0.256 e. The summed E-state index contributed by atoms with van der Waals surface area (Å²) >= 11 is 0. The summed E-state index contributed by atoms with van der Waals surface area (Å²) in [7, 11) is 4.02. The van der Waals surface area contributed by atoms with E-state index < -0.39 is 0 Å². The van der Waals surface area contributed by atoms with Crippen molar-refractivity contribution in [2.45, 2.75) is 32.7 Å². The molecule has 5 heteroatoms. The lowest BCUT2D eigenvalue weighted by Crippen LogP contribution is -2.35. The lowest BCUT2D eigenvalue weighted by Gasteiger charge is -2.25. The summed E-state index contributed by atoms with van der Waals surface area (Å²) in [4.78, 5) is 14.7. The summed E-state index contributed by atoms with van der Waals surface area (Å²) in [5, 5.41) is 6.95. The molecular weight excluding hydrogens is 290 g/mol. The minimum absolute atomic E-state index is 0.114. The van der Waals surface area contributed by atoms with Gasteiger partial charge in [0.05, 0.1) is 11.7 Å². The highest BCUT2D eigenvalue weighted by Crippen LogP contribution is 2.22. The molecule has 1 aromatic carbocycles. The molecule has 0 spiro atoms. The zero-order chi connectivity index (χ0) is 17.0. The standard InChI is InChI=1S/C18H25N3O2/c1-12(2)17-16(13(3)20-23-17)18(22)19-11-15(21(4)5)14-9-7-6-8-10-14/h6-10,12,15H,11H2,1-5H3,(H,19,22)/t15-/m0/s1. The second-order valence-electron chi connectivity index (χ2n) is 6.26. The fourth-order valence-electron chi connectivity index (χ4n) is 2.61. The first kappa shape index (κ1) is 17.2. The van der Waals surface area contributed by atoms with E-state index in [9.17, 15) is 4.79 Å². The molecule has 0 bridgehead atoms. The number of aromatic nitrogens is 1. The van der Waals surface area contributed by atoms with Crippen LogP contribution in [0.4, 0.5) is 0 Å². The number of carbonyl (C=O) groups is 1. The number of carbonyl (C=O) groups excluding carboxylic acids is 1. The largest absolute Gasteiger partial charge is 0.360 e. The Kier molecular flexibility index (Phi) is 5.55. The van der Waals surface area contributed by atoms with Gasteiger partial charge in [0.1, 0.15) is 5.56 Å². The van der Waals surface area contributed by atoms with Crippen molar-refractivity contribution in [1.29, 1.82) is 0 Å². The van der Waals surface area contributed by atoms with Crippen molar-refractivity contribution in [3.63, 3.8) is 0 Å². The molecule has 0 aliphatic rings. The van der Waals surface area contributed by atoms with Crippen LogP contribution >= 0.6 is 0 Å². The van der Waals surface area contributed by atoms with Gasteiger partial charge in [-0.05, 0) is 26.6 Å². The van der Waals surface area contributed by atoms with Crippen molar-refractivity contribution in [2.75, 3.05) is 20.6 Å². The minimum Gasteiger partial charge on any atom is -0.360 e. The molecule has 1 aromatic heterocycles. The van der Waals surface area contributed by atoms with Crippen LogP contribution in [0.3, 0.4) is 0 Å². The first-order valence-electron chi connectivity index (χ1n) is 7.87. The van der Waals surface area contributed by atoms with Crippen LogP contribution in [0.5, 0.6) is 0 Å². The Labute approximate surface area is 137 Å². The number of rotatable bonds is 6. The highest BCUT2D eigenvalue weighted by molar-refractivity contribution is 5.96. The molecule has 23 heavy (non-hydrogen) atoms. The first-order chi connectivity index (χ1) is 10.9. The number of aryl methyl sites for hydroxylation is 1. The minimum atomic E-state index is -0.129. The molecule has 1 amide bonds. The van der Waals surface area contributed by atoms with E-state index in [0.717, 1.165) is 0 Å². The Morgan fingerprint density at radius 2 is 1.91 bits per heavy atom. The Morgan fingerprint density at radius 1 is 1.26 bits per heavy atom. The van der Waals surface area contributed by atoms with Crippen LogP contribution in [0.2, 0.25) is 0 Å². The molecule has 0 aliphatic carbocycles. The zero-order valence-electron chi connectivity index (χ0n) is 14.5. The zero-order valence-corrected chi connectivity index (χ0v) is 14.5. The highest BCUT2D eigenvalue weighted by atomic mass is 16.5. The number of hydrogen-bond acceptors (Lipinski definition) is 4. The second-order valence-corrected chi connectivity index (χ2v) is 6.26. The van der Waals surface area contributed by atoms with E-state index in [4.69, 9.17) is 4.52 Å². The molecule has 124 valence electrons. The van der Waals surface area contributed by atoms with E-state index in [1.165, 1.54) is 5.56 Å². The molecule has 0 fully saturated rings. The van der Waals surface area contributed by atoms with Crippen LogP contribution in [0.15, 0.2) is 34.9 Å². The van der Waals surface area contributed by atoms with Crippen LogP contribution < -0.4 is 5.32 Å². The molecule has 2 rings (SSSR count). The van der Waals surface area contributed by atoms with E-state index in [1.54, 1.807) is 6.92 Å². The predicted molar refractivity (Wildman–Crippen MR) is 90.5 cm³/mol. The van der Waals surface area contributed by atoms with Gasteiger partial charge in [-0.25, -0.2) is 0 Å². The summed E-state index contributed by atoms with van der Waals surface area (Å²) in [6.45, 7) is 6.30. The van der Waals surface area contributed by atoms with Crippen molar-refractivity contribution in [3.8, 4) is 0 Å². The third-order valence-electron chi connectivity index (χ3n) is 3.90. The van der Waals surface area contributed by atoms with Gasteiger partial charge in [0.2, 0.25) is 0 Å². The van der Waals surface area contributed by atoms with Gasteiger partial charge in [0.15, 0.2) is 5.76 Å². The molecule has 1 N–H and O–H groups in total. The molecule has 0 saturated heterocycles. The maximum Gasteiger partial charge on any atom is 0.256 e. The van der Waals surface area contributed by atoms with Crippen molar-refractivity contribution < 1.29 is 9.32 Å². The average Bonchev–Trinajstić information content (AvgIpc) is 2.90. The summed E-state index contributed by atoms with van der Waals surface area (Å²) in [5.41, 5.74) is 2.36. The van der Waals surface area contributed by atoms with Gasteiger partial charge in [0, 0.05) is 12.5 Å². The number of nitrogens with zero attached hydrogens (tertiary/aromatic N) is 2. The maximum absolute atomic E-state index is 12.6. The SMILES string of the molecule is Cc1noc(C(C)C)c1C(=O)NC[C@@H](c1ccccc1)N(C)C.